The molecule has 0 saturated carbocycles. The maximum atomic E-state index is 5.65. The number of nitrogens with zero attached hydrogens (tertiary/aromatic N) is 1. The van der Waals surface area contributed by atoms with E-state index in [1.165, 1.54) is 18.4 Å². The molecule has 0 atom stereocenters. The molecule has 2 aliphatic rings. The lowest BCUT2D eigenvalue weighted by Gasteiger charge is -2.39. The molecule has 1 aromatic carbocycles. The summed E-state index contributed by atoms with van der Waals surface area (Å²) in [6.45, 7) is 6.91. The summed E-state index contributed by atoms with van der Waals surface area (Å²) in [5.41, 5.74) is 1.62. The smallest absolute Gasteiger partial charge is 0.161 e. The van der Waals surface area contributed by atoms with E-state index in [0.29, 0.717) is 18.8 Å². The van der Waals surface area contributed by atoms with Gasteiger partial charge in [0.15, 0.2) is 11.5 Å². The topological polar surface area (TPSA) is 33.7 Å². The molecule has 110 valence electrons. The van der Waals surface area contributed by atoms with Gasteiger partial charge in [0, 0.05) is 25.2 Å². The summed E-state index contributed by atoms with van der Waals surface area (Å²) < 4.78 is 11.2. The van der Waals surface area contributed by atoms with Crippen LogP contribution in [-0.2, 0) is 6.54 Å². The summed E-state index contributed by atoms with van der Waals surface area (Å²) in [5, 5.41) is 3.44. The fraction of sp³-hybridized carbons (Fsp3) is 0.625. The molecule has 20 heavy (non-hydrogen) atoms. The quantitative estimate of drug-likeness (QED) is 0.916. The van der Waals surface area contributed by atoms with Gasteiger partial charge in [-0.15, -0.1) is 0 Å². The van der Waals surface area contributed by atoms with Gasteiger partial charge in [-0.2, -0.15) is 0 Å². The number of likely N-dealkylation sites (tertiary alicyclic amines) is 1. The van der Waals surface area contributed by atoms with E-state index < -0.39 is 0 Å². The van der Waals surface area contributed by atoms with Crippen molar-refractivity contribution in [2.24, 2.45) is 0 Å². The minimum atomic E-state index is 0.309. The first kappa shape index (κ1) is 13.7. The van der Waals surface area contributed by atoms with Crippen molar-refractivity contribution in [3.8, 4) is 11.5 Å². The molecule has 4 nitrogen and oxygen atoms in total. The van der Waals surface area contributed by atoms with E-state index >= 15 is 0 Å². The molecule has 2 heterocycles. The van der Waals surface area contributed by atoms with Gasteiger partial charge in [-0.05, 0) is 44.5 Å². The normalized spacial score (nSPS) is 21.7. The molecule has 1 aromatic rings. The van der Waals surface area contributed by atoms with Crippen molar-refractivity contribution in [3.05, 3.63) is 23.8 Å². The van der Waals surface area contributed by atoms with E-state index in [9.17, 15) is 0 Å². The zero-order valence-electron chi connectivity index (χ0n) is 12.4. The highest BCUT2D eigenvalue weighted by Gasteiger charge is 2.28. The predicted octanol–water partition coefficient (Wildman–Crippen LogP) is 2.03. The summed E-state index contributed by atoms with van der Waals surface area (Å²) >= 11 is 0. The van der Waals surface area contributed by atoms with Crippen LogP contribution in [0.3, 0.4) is 0 Å². The molecule has 1 N–H and O–H groups in total. The second-order valence-electron chi connectivity index (χ2n) is 6.06. The first-order valence-electron chi connectivity index (χ1n) is 7.48. The molecule has 4 heteroatoms. The average Bonchev–Trinajstić information content (AvgIpc) is 2.50. The van der Waals surface area contributed by atoms with Crippen molar-refractivity contribution in [1.29, 1.82) is 0 Å². The van der Waals surface area contributed by atoms with Crippen molar-refractivity contribution in [2.45, 2.75) is 31.8 Å². The van der Waals surface area contributed by atoms with Crippen molar-refractivity contribution < 1.29 is 9.47 Å². The highest BCUT2D eigenvalue weighted by Crippen LogP contribution is 2.31. The Bertz CT molecular complexity index is 468. The molecule has 0 radical (unpaired) electrons. The Labute approximate surface area is 121 Å². The van der Waals surface area contributed by atoms with Crippen molar-refractivity contribution in [3.63, 3.8) is 0 Å². The Morgan fingerprint density at radius 1 is 1.15 bits per heavy atom. The monoisotopic (exact) mass is 276 g/mol. The van der Waals surface area contributed by atoms with Crippen LogP contribution in [0.25, 0.3) is 0 Å². The van der Waals surface area contributed by atoms with Crippen molar-refractivity contribution in [1.82, 2.24) is 10.2 Å². The van der Waals surface area contributed by atoms with Gasteiger partial charge in [-0.25, -0.2) is 0 Å². The second kappa shape index (κ2) is 5.62. The number of fused-ring (bicyclic) bond motifs is 1. The number of hydrogen-bond acceptors (Lipinski definition) is 4. The SMILES string of the molecule is CNC1(C)CCN(Cc2ccc3c(c2)OCCO3)CC1. The molecule has 0 aliphatic carbocycles. The third kappa shape index (κ3) is 2.91. The largest absolute Gasteiger partial charge is 0.486 e. The predicted molar refractivity (Wildman–Crippen MR) is 79.4 cm³/mol. The summed E-state index contributed by atoms with van der Waals surface area (Å²) in [5.74, 6) is 1.77. The van der Waals surface area contributed by atoms with Crippen LogP contribution in [0, 0.1) is 0 Å². The summed E-state index contributed by atoms with van der Waals surface area (Å²) in [7, 11) is 2.07. The first-order chi connectivity index (χ1) is 9.68. The van der Waals surface area contributed by atoms with Gasteiger partial charge in [0.2, 0.25) is 0 Å². The third-order valence-electron chi connectivity index (χ3n) is 4.58. The standard InChI is InChI=1S/C16H24N2O2/c1-16(17-2)5-7-18(8-6-16)12-13-3-4-14-15(11-13)20-10-9-19-14/h3-4,11,17H,5-10,12H2,1-2H3. The van der Waals surface area contributed by atoms with Gasteiger partial charge in [0.05, 0.1) is 0 Å². The van der Waals surface area contributed by atoms with E-state index in [4.69, 9.17) is 9.47 Å². The van der Waals surface area contributed by atoms with Crippen LogP contribution < -0.4 is 14.8 Å². The van der Waals surface area contributed by atoms with E-state index in [1.54, 1.807) is 0 Å². The molecule has 0 unspecified atom stereocenters. The van der Waals surface area contributed by atoms with Crippen LogP contribution >= 0.6 is 0 Å². The van der Waals surface area contributed by atoms with E-state index in [1.807, 2.05) is 6.07 Å². The lowest BCUT2D eigenvalue weighted by atomic mass is 9.90. The molecule has 2 aliphatic heterocycles. The van der Waals surface area contributed by atoms with Crippen LogP contribution in [-0.4, -0.2) is 43.8 Å². The van der Waals surface area contributed by atoms with Gasteiger partial charge in [0.25, 0.3) is 0 Å². The maximum Gasteiger partial charge on any atom is 0.161 e. The molecule has 0 aromatic heterocycles. The molecule has 3 rings (SSSR count). The van der Waals surface area contributed by atoms with Crippen LogP contribution in [0.5, 0.6) is 11.5 Å². The lowest BCUT2D eigenvalue weighted by Crippen LogP contribution is -2.49. The van der Waals surface area contributed by atoms with Gasteiger partial charge < -0.3 is 14.8 Å². The zero-order chi connectivity index (χ0) is 14.0. The van der Waals surface area contributed by atoms with Crippen molar-refractivity contribution in [2.75, 3.05) is 33.4 Å². The minimum Gasteiger partial charge on any atom is -0.486 e. The van der Waals surface area contributed by atoms with Crippen LogP contribution in [0.4, 0.5) is 0 Å². The summed E-state index contributed by atoms with van der Waals surface area (Å²) in [4.78, 5) is 2.52. The van der Waals surface area contributed by atoms with E-state index in [0.717, 1.165) is 31.1 Å². The Morgan fingerprint density at radius 2 is 1.85 bits per heavy atom. The third-order valence-corrected chi connectivity index (χ3v) is 4.58. The van der Waals surface area contributed by atoms with Crippen molar-refractivity contribution >= 4 is 0 Å². The number of nitrogens with one attached hydrogen (secondary N) is 1. The number of benzene rings is 1. The molecule has 0 spiro atoms. The first-order valence-corrected chi connectivity index (χ1v) is 7.48. The molecule has 0 amide bonds. The Hall–Kier alpha value is -1.26. The molecular weight excluding hydrogens is 252 g/mol. The zero-order valence-corrected chi connectivity index (χ0v) is 12.4. The average molecular weight is 276 g/mol. The fourth-order valence-electron chi connectivity index (χ4n) is 2.90. The van der Waals surface area contributed by atoms with E-state index in [-0.39, 0.29) is 0 Å². The number of hydrogen-bond donors (Lipinski definition) is 1. The van der Waals surface area contributed by atoms with E-state index in [2.05, 4.69) is 36.3 Å². The number of piperidine rings is 1. The second-order valence-corrected chi connectivity index (χ2v) is 6.06. The van der Waals surface area contributed by atoms with Gasteiger partial charge in [0.1, 0.15) is 13.2 Å². The van der Waals surface area contributed by atoms with Gasteiger partial charge >= 0.3 is 0 Å². The number of rotatable bonds is 3. The van der Waals surface area contributed by atoms with Crippen LogP contribution in [0.15, 0.2) is 18.2 Å². The van der Waals surface area contributed by atoms with Gasteiger partial charge in [-0.1, -0.05) is 6.07 Å². The van der Waals surface area contributed by atoms with Crippen LogP contribution in [0.1, 0.15) is 25.3 Å². The maximum absolute atomic E-state index is 5.65. The lowest BCUT2D eigenvalue weighted by molar-refractivity contribution is 0.145. The Kier molecular flexibility index (Phi) is 3.85. The molecular formula is C16H24N2O2. The summed E-state index contributed by atoms with van der Waals surface area (Å²) in [6, 6.07) is 6.31. The minimum absolute atomic E-state index is 0.309. The van der Waals surface area contributed by atoms with Crippen LogP contribution in [0.2, 0.25) is 0 Å². The van der Waals surface area contributed by atoms with Gasteiger partial charge in [-0.3, -0.25) is 4.90 Å². The highest BCUT2D eigenvalue weighted by molar-refractivity contribution is 5.43. The number of ether oxygens (including phenoxy) is 2. The Morgan fingerprint density at radius 3 is 2.55 bits per heavy atom. The highest BCUT2D eigenvalue weighted by atomic mass is 16.6. The Balaban J connectivity index is 1.61. The fourth-order valence-corrected chi connectivity index (χ4v) is 2.90. The molecule has 0 bridgehead atoms. The molecule has 1 saturated heterocycles. The summed E-state index contributed by atoms with van der Waals surface area (Å²) in [6.07, 6.45) is 2.40. The molecule has 1 fully saturated rings.